The van der Waals surface area contributed by atoms with Crippen LogP contribution in [-0.4, -0.2) is 0 Å². The summed E-state index contributed by atoms with van der Waals surface area (Å²) in [6.45, 7) is 1.21. The summed E-state index contributed by atoms with van der Waals surface area (Å²) in [5.41, 5.74) is 0. The molecule has 0 aliphatic heterocycles. The van der Waals surface area contributed by atoms with Crippen molar-refractivity contribution in [2.75, 3.05) is 0 Å². The van der Waals surface area contributed by atoms with Crippen LogP contribution in [0.15, 0.2) is 24.3 Å². The second kappa shape index (κ2) is 5.32. The maximum Gasteiger partial charge on any atom is 0.0932 e. The molecule has 0 fully saturated rings. The first-order valence-corrected chi connectivity index (χ1v) is 6.69. The van der Waals surface area contributed by atoms with Crippen LogP contribution < -0.4 is 0 Å². The van der Waals surface area contributed by atoms with Gasteiger partial charge in [0.25, 0.3) is 0 Å². The maximum absolute atomic E-state index is 5.81. The standard InChI is InChI=1S/C10H8Cl2OS2/c11-9-3-1-7(14-9)5-13-6-8-2-4-10(12)15-8/h1-4H,5-6H2. The lowest BCUT2D eigenvalue weighted by Gasteiger charge is -1.99. The largest absolute Gasteiger partial charge is 0.370 e. The Morgan fingerprint density at radius 3 is 1.67 bits per heavy atom. The van der Waals surface area contributed by atoms with Crippen LogP contribution >= 0.6 is 45.9 Å². The molecule has 0 amide bonds. The van der Waals surface area contributed by atoms with Gasteiger partial charge in [-0.05, 0) is 24.3 Å². The highest BCUT2D eigenvalue weighted by molar-refractivity contribution is 7.16. The molecular formula is C10H8Cl2OS2. The molecule has 0 unspecified atom stereocenters. The molecule has 2 aromatic heterocycles. The Morgan fingerprint density at radius 1 is 0.867 bits per heavy atom. The molecule has 2 heterocycles. The van der Waals surface area contributed by atoms with E-state index >= 15 is 0 Å². The van der Waals surface area contributed by atoms with Crippen molar-refractivity contribution < 1.29 is 4.74 Å². The summed E-state index contributed by atoms with van der Waals surface area (Å²) < 4.78 is 7.13. The van der Waals surface area contributed by atoms with Gasteiger partial charge in [-0.3, -0.25) is 0 Å². The van der Waals surface area contributed by atoms with Crippen LogP contribution in [0.25, 0.3) is 0 Å². The molecule has 0 bridgehead atoms. The average Bonchev–Trinajstić information content (AvgIpc) is 2.76. The van der Waals surface area contributed by atoms with E-state index in [0.717, 1.165) is 18.4 Å². The molecule has 0 aliphatic rings. The normalized spacial score (nSPS) is 10.8. The number of rotatable bonds is 4. The van der Waals surface area contributed by atoms with Crippen molar-refractivity contribution in [3.8, 4) is 0 Å². The van der Waals surface area contributed by atoms with Crippen molar-refractivity contribution in [1.29, 1.82) is 0 Å². The summed E-state index contributed by atoms with van der Waals surface area (Å²) in [4.78, 5) is 2.28. The minimum Gasteiger partial charge on any atom is -0.370 e. The van der Waals surface area contributed by atoms with E-state index in [1.54, 1.807) is 22.7 Å². The first kappa shape index (κ1) is 11.4. The lowest BCUT2D eigenvalue weighted by molar-refractivity contribution is 0.111. The van der Waals surface area contributed by atoms with Crippen molar-refractivity contribution in [3.63, 3.8) is 0 Å². The Balaban J connectivity index is 1.80. The van der Waals surface area contributed by atoms with E-state index in [2.05, 4.69) is 0 Å². The van der Waals surface area contributed by atoms with E-state index in [4.69, 9.17) is 27.9 Å². The molecule has 5 heteroatoms. The molecule has 0 spiro atoms. The molecule has 0 radical (unpaired) electrons. The minimum absolute atomic E-state index is 0.604. The monoisotopic (exact) mass is 278 g/mol. The van der Waals surface area contributed by atoms with Crippen LogP contribution in [0.1, 0.15) is 9.75 Å². The second-order valence-corrected chi connectivity index (χ2v) is 6.50. The Bertz CT molecular complexity index is 396. The zero-order valence-corrected chi connectivity index (χ0v) is 10.8. The lowest BCUT2D eigenvalue weighted by Crippen LogP contribution is -1.89. The van der Waals surface area contributed by atoms with Crippen molar-refractivity contribution in [3.05, 3.63) is 42.7 Å². The quantitative estimate of drug-likeness (QED) is 0.778. The third kappa shape index (κ3) is 3.47. The highest BCUT2D eigenvalue weighted by Crippen LogP contribution is 2.24. The summed E-state index contributed by atoms with van der Waals surface area (Å²) >= 11 is 14.7. The molecule has 2 rings (SSSR count). The van der Waals surface area contributed by atoms with Gasteiger partial charge in [0.05, 0.1) is 21.9 Å². The van der Waals surface area contributed by atoms with E-state index in [0.29, 0.717) is 13.2 Å². The predicted molar refractivity (Wildman–Crippen MR) is 67.2 cm³/mol. The third-order valence-electron chi connectivity index (χ3n) is 1.75. The molecule has 2 aromatic rings. The van der Waals surface area contributed by atoms with Gasteiger partial charge in [-0.2, -0.15) is 0 Å². The number of thiophene rings is 2. The van der Waals surface area contributed by atoms with Gasteiger partial charge < -0.3 is 4.74 Å². The van der Waals surface area contributed by atoms with Crippen LogP contribution in [0.4, 0.5) is 0 Å². The minimum atomic E-state index is 0.604. The fraction of sp³-hybridized carbons (Fsp3) is 0.200. The van der Waals surface area contributed by atoms with Gasteiger partial charge in [0.1, 0.15) is 0 Å². The van der Waals surface area contributed by atoms with Crippen LogP contribution in [0.5, 0.6) is 0 Å². The van der Waals surface area contributed by atoms with Crippen LogP contribution in [0.2, 0.25) is 8.67 Å². The zero-order valence-electron chi connectivity index (χ0n) is 7.70. The van der Waals surface area contributed by atoms with Gasteiger partial charge in [0, 0.05) is 9.75 Å². The topological polar surface area (TPSA) is 9.23 Å². The summed E-state index contributed by atoms with van der Waals surface area (Å²) in [5.74, 6) is 0. The fourth-order valence-electron chi connectivity index (χ4n) is 1.11. The Kier molecular flexibility index (Phi) is 4.05. The van der Waals surface area contributed by atoms with E-state index in [-0.39, 0.29) is 0 Å². The SMILES string of the molecule is Clc1ccc(COCc2ccc(Cl)s2)s1. The first-order chi connectivity index (χ1) is 7.24. The van der Waals surface area contributed by atoms with Crippen LogP contribution in [0, 0.1) is 0 Å². The Morgan fingerprint density at radius 2 is 1.33 bits per heavy atom. The van der Waals surface area contributed by atoms with Gasteiger partial charge >= 0.3 is 0 Å². The molecule has 0 aliphatic carbocycles. The van der Waals surface area contributed by atoms with Crippen molar-refractivity contribution in [2.24, 2.45) is 0 Å². The summed E-state index contributed by atoms with van der Waals surface area (Å²) in [7, 11) is 0. The van der Waals surface area contributed by atoms with Crippen LogP contribution in [0.3, 0.4) is 0 Å². The lowest BCUT2D eigenvalue weighted by atomic mass is 10.5. The third-order valence-corrected chi connectivity index (χ3v) is 4.16. The van der Waals surface area contributed by atoms with E-state index < -0.39 is 0 Å². The molecule has 0 atom stereocenters. The van der Waals surface area contributed by atoms with Crippen molar-refractivity contribution in [2.45, 2.75) is 13.2 Å². The average molecular weight is 279 g/mol. The number of halogens is 2. The van der Waals surface area contributed by atoms with Gasteiger partial charge in [0.2, 0.25) is 0 Å². The summed E-state index contributed by atoms with van der Waals surface area (Å²) in [5, 5.41) is 0. The maximum atomic E-state index is 5.81. The van der Waals surface area contributed by atoms with Crippen molar-refractivity contribution in [1.82, 2.24) is 0 Å². The molecule has 0 saturated heterocycles. The first-order valence-electron chi connectivity index (χ1n) is 4.30. The van der Waals surface area contributed by atoms with Gasteiger partial charge in [-0.1, -0.05) is 23.2 Å². The molecular weight excluding hydrogens is 271 g/mol. The molecule has 0 aromatic carbocycles. The Labute approximate surface area is 106 Å². The van der Waals surface area contributed by atoms with E-state index in [9.17, 15) is 0 Å². The number of hydrogen-bond donors (Lipinski definition) is 0. The zero-order chi connectivity index (χ0) is 10.7. The van der Waals surface area contributed by atoms with E-state index in [1.165, 1.54) is 0 Å². The van der Waals surface area contributed by atoms with Gasteiger partial charge in [-0.25, -0.2) is 0 Å². The summed E-state index contributed by atoms with van der Waals surface area (Å²) in [6.07, 6.45) is 0. The van der Waals surface area contributed by atoms with Crippen molar-refractivity contribution >= 4 is 45.9 Å². The number of hydrogen-bond acceptors (Lipinski definition) is 3. The molecule has 1 nitrogen and oxygen atoms in total. The molecule has 0 N–H and O–H groups in total. The number of ether oxygens (including phenoxy) is 1. The second-order valence-electron chi connectivity index (χ2n) is 2.90. The van der Waals surface area contributed by atoms with E-state index in [1.807, 2.05) is 24.3 Å². The van der Waals surface area contributed by atoms with Gasteiger partial charge in [0.15, 0.2) is 0 Å². The van der Waals surface area contributed by atoms with Gasteiger partial charge in [-0.15, -0.1) is 22.7 Å². The molecule has 15 heavy (non-hydrogen) atoms. The van der Waals surface area contributed by atoms with Crippen LogP contribution in [-0.2, 0) is 18.0 Å². The molecule has 0 saturated carbocycles. The highest BCUT2D eigenvalue weighted by Gasteiger charge is 2.00. The fourth-order valence-corrected chi connectivity index (χ4v) is 3.16. The summed E-state index contributed by atoms with van der Waals surface area (Å²) in [6, 6.07) is 7.72. The predicted octanol–water partition coefficient (Wildman–Crippen LogP) is 4.83. The molecule has 80 valence electrons. The highest BCUT2D eigenvalue weighted by atomic mass is 35.5. The smallest absolute Gasteiger partial charge is 0.0932 e. The Hall–Kier alpha value is -0.0600.